The van der Waals surface area contributed by atoms with Crippen molar-refractivity contribution in [3.8, 4) is 0 Å². The largest absolute Gasteiger partial charge is 0.375 e. The first kappa shape index (κ1) is 17.4. The SMILES string of the molecule is CCN(C)c1ccc(C=C2C(=O)N(c3cccc(Br)c3)N=C2C)cc1. The Hall–Kier alpha value is -2.40. The molecule has 0 aromatic heterocycles. The van der Waals surface area contributed by atoms with E-state index in [1.165, 1.54) is 5.01 Å². The van der Waals surface area contributed by atoms with Crippen LogP contribution in [-0.4, -0.2) is 25.2 Å². The van der Waals surface area contributed by atoms with Gasteiger partial charge in [-0.3, -0.25) is 4.79 Å². The molecule has 5 heteroatoms. The van der Waals surface area contributed by atoms with Gasteiger partial charge in [-0.05, 0) is 55.8 Å². The summed E-state index contributed by atoms with van der Waals surface area (Å²) in [7, 11) is 2.06. The average Bonchev–Trinajstić information content (AvgIpc) is 2.90. The van der Waals surface area contributed by atoms with E-state index < -0.39 is 0 Å². The number of hydrogen-bond donors (Lipinski definition) is 0. The molecule has 0 fully saturated rings. The molecule has 0 aliphatic carbocycles. The van der Waals surface area contributed by atoms with Gasteiger partial charge in [-0.1, -0.05) is 34.1 Å². The molecular weight excluding hydrogens is 378 g/mol. The highest BCUT2D eigenvalue weighted by molar-refractivity contribution is 9.10. The van der Waals surface area contributed by atoms with Crippen molar-refractivity contribution in [2.45, 2.75) is 13.8 Å². The van der Waals surface area contributed by atoms with Crippen LogP contribution in [0.25, 0.3) is 6.08 Å². The predicted molar refractivity (Wildman–Crippen MR) is 108 cm³/mol. The second-order valence-corrected chi connectivity index (χ2v) is 6.86. The zero-order valence-electron chi connectivity index (χ0n) is 14.5. The zero-order chi connectivity index (χ0) is 18.0. The second kappa shape index (κ2) is 7.23. The average molecular weight is 398 g/mol. The first-order valence-electron chi connectivity index (χ1n) is 8.18. The summed E-state index contributed by atoms with van der Waals surface area (Å²) >= 11 is 3.43. The van der Waals surface area contributed by atoms with Crippen molar-refractivity contribution < 1.29 is 4.79 Å². The molecule has 1 aliphatic rings. The van der Waals surface area contributed by atoms with Gasteiger partial charge in [0.2, 0.25) is 0 Å². The molecule has 4 nitrogen and oxygen atoms in total. The van der Waals surface area contributed by atoms with Gasteiger partial charge in [0.15, 0.2) is 0 Å². The third kappa shape index (κ3) is 3.66. The van der Waals surface area contributed by atoms with Crippen LogP contribution in [0.2, 0.25) is 0 Å². The summed E-state index contributed by atoms with van der Waals surface area (Å²) in [6.07, 6.45) is 1.90. The fraction of sp³-hybridized carbons (Fsp3) is 0.200. The first-order chi connectivity index (χ1) is 12.0. The fourth-order valence-electron chi connectivity index (χ4n) is 2.64. The lowest BCUT2D eigenvalue weighted by atomic mass is 10.1. The molecule has 0 spiro atoms. The Kier molecular flexibility index (Phi) is 5.04. The molecule has 2 aromatic rings. The van der Waals surface area contributed by atoms with Crippen LogP contribution in [-0.2, 0) is 4.79 Å². The maximum atomic E-state index is 12.8. The number of rotatable bonds is 4. The van der Waals surface area contributed by atoms with E-state index in [1.807, 2.05) is 49.4 Å². The van der Waals surface area contributed by atoms with Crippen LogP contribution in [0.4, 0.5) is 11.4 Å². The van der Waals surface area contributed by atoms with E-state index in [9.17, 15) is 4.79 Å². The van der Waals surface area contributed by atoms with Crippen LogP contribution in [0.3, 0.4) is 0 Å². The van der Waals surface area contributed by atoms with E-state index in [0.717, 1.165) is 33.7 Å². The van der Waals surface area contributed by atoms with Crippen molar-refractivity contribution in [1.82, 2.24) is 0 Å². The maximum Gasteiger partial charge on any atom is 0.280 e. The van der Waals surface area contributed by atoms with E-state index in [1.54, 1.807) is 0 Å². The highest BCUT2D eigenvalue weighted by Crippen LogP contribution is 2.27. The monoisotopic (exact) mass is 397 g/mol. The molecule has 0 unspecified atom stereocenters. The number of hydrogen-bond acceptors (Lipinski definition) is 3. The van der Waals surface area contributed by atoms with Crippen LogP contribution >= 0.6 is 15.9 Å². The number of hydrazone groups is 1. The third-order valence-electron chi connectivity index (χ3n) is 4.23. The van der Waals surface area contributed by atoms with Crippen molar-refractivity contribution >= 4 is 45.0 Å². The maximum absolute atomic E-state index is 12.8. The van der Waals surface area contributed by atoms with E-state index >= 15 is 0 Å². The molecule has 1 aliphatic heterocycles. The minimum Gasteiger partial charge on any atom is -0.375 e. The molecule has 3 rings (SSSR count). The second-order valence-electron chi connectivity index (χ2n) is 5.95. The normalized spacial score (nSPS) is 15.7. The first-order valence-corrected chi connectivity index (χ1v) is 8.97. The zero-order valence-corrected chi connectivity index (χ0v) is 16.1. The third-order valence-corrected chi connectivity index (χ3v) is 4.73. The van der Waals surface area contributed by atoms with Gasteiger partial charge in [0.25, 0.3) is 5.91 Å². The molecule has 0 saturated heterocycles. The molecule has 25 heavy (non-hydrogen) atoms. The van der Waals surface area contributed by atoms with E-state index in [2.05, 4.69) is 52.0 Å². The molecule has 1 heterocycles. The quantitative estimate of drug-likeness (QED) is 0.700. The fourth-order valence-corrected chi connectivity index (χ4v) is 3.03. The van der Waals surface area contributed by atoms with Crippen molar-refractivity contribution in [2.75, 3.05) is 23.5 Å². The molecule has 2 aromatic carbocycles. The van der Waals surface area contributed by atoms with Crippen molar-refractivity contribution in [3.05, 3.63) is 64.1 Å². The highest BCUT2D eigenvalue weighted by Gasteiger charge is 2.28. The number of carbonyl (C=O) groups excluding carboxylic acids is 1. The van der Waals surface area contributed by atoms with Crippen molar-refractivity contribution in [1.29, 1.82) is 0 Å². The summed E-state index contributed by atoms with van der Waals surface area (Å²) in [5, 5.41) is 5.87. The number of amides is 1. The van der Waals surface area contributed by atoms with Crippen molar-refractivity contribution in [2.24, 2.45) is 5.10 Å². The van der Waals surface area contributed by atoms with Gasteiger partial charge in [-0.2, -0.15) is 10.1 Å². The Balaban J connectivity index is 1.87. The number of nitrogens with zero attached hydrogens (tertiary/aromatic N) is 3. The summed E-state index contributed by atoms with van der Waals surface area (Å²) in [5.41, 5.74) is 4.24. The summed E-state index contributed by atoms with van der Waals surface area (Å²) in [4.78, 5) is 14.9. The molecular formula is C20H20BrN3O. The lowest BCUT2D eigenvalue weighted by molar-refractivity contribution is -0.114. The summed E-state index contributed by atoms with van der Waals surface area (Å²) in [5.74, 6) is -0.106. The Morgan fingerprint density at radius 1 is 1.20 bits per heavy atom. The van der Waals surface area contributed by atoms with Gasteiger partial charge in [0, 0.05) is 23.8 Å². The number of anilines is 2. The number of halogens is 1. The summed E-state index contributed by atoms with van der Waals surface area (Å²) in [6, 6.07) is 15.7. The van der Waals surface area contributed by atoms with Crippen LogP contribution in [0.15, 0.2) is 63.7 Å². The molecule has 0 atom stereocenters. The van der Waals surface area contributed by atoms with Gasteiger partial charge in [-0.25, -0.2) is 0 Å². The van der Waals surface area contributed by atoms with Crippen LogP contribution in [0.1, 0.15) is 19.4 Å². The van der Waals surface area contributed by atoms with Gasteiger partial charge in [-0.15, -0.1) is 0 Å². The van der Waals surface area contributed by atoms with Gasteiger partial charge >= 0.3 is 0 Å². The highest BCUT2D eigenvalue weighted by atomic mass is 79.9. The minimum absolute atomic E-state index is 0.106. The standard InChI is InChI=1S/C20H20BrN3O/c1-4-23(3)17-10-8-15(9-11-17)12-19-14(2)22-24(20(19)25)18-7-5-6-16(21)13-18/h5-13H,4H2,1-3H3. The molecule has 0 radical (unpaired) electrons. The van der Waals surface area contributed by atoms with E-state index in [0.29, 0.717) is 5.57 Å². The van der Waals surface area contributed by atoms with E-state index in [-0.39, 0.29) is 5.91 Å². The predicted octanol–water partition coefficient (Wildman–Crippen LogP) is 4.71. The molecule has 0 saturated carbocycles. The summed E-state index contributed by atoms with van der Waals surface area (Å²) in [6.45, 7) is 4.93. The van der Waals surface area contributed by atoms with Crippen LogP contribution < -0.4 is 9.91 Å². The van der Waals surface area contributed by atoms with Gasteiger partial charge in [0.1, 0.15) is 0 Å². The van der Waals surface area contributed by atoms with Crippen LogP contribution in [0.5, 0.6) is 0 Å². The molecule has 128 valence electrons. The lowest BCUT2D eigenvalue weighted by Crippen LogP contribution is -2.21. The lowest BCUT2D eigenvalue weighted by Gasteiger charge is -2.16. The Labute approximate surface area is 156 Å². The smallest absolute Gasteiger partial charge is 0.280 e. The topological polar surface area (TPSA) is 35.9 Å². The van der Waals surface area contributed by atoms with Gasteiger partial charge < -0.3 is 4.90 Å². The van der Waals surface area contributed by atoms with Gasteiger partial charge in [0.05, 0.1) is 17.0 Å². The van der Waals surface area contributed by atoms with Crippen molar-refractivity contribution in [3.63, 3.8) is 0 Å². The summed E-state index contributed by atoms with van der Waals surface area (Å²) < 4.78 is 0.915. The number of benzene rings is 2. The number of carbonyl (C=O) groups is 1. The Morgan fingerprint density at radius 2 is 1.92 bits per heavy atom. The molecule has 0 bridgehead atoms. The van der Waals surface area contributed by atoms with Crippen LogP contribution in [0, 0.1) is 0 Å². The Bertz CT molecular complexity index is 855. The Morgan fingerprint density at radius 3 is 2.56 bits per heavy atom. The molecule has 1 amide bonds. The van der Waals surface area contributed by atoms with E-state index in [4.69, 9.17) is 0 Å². The minimum atomic E-state index is -0.106. The molecule has 0 N–H and O–H groups in total.